The number of hydrogen-bond donors (Lipinski definition) is 1. The first-order valence-electron chi connectivity index (χ1n) is 5.32. The number of halogens is 2. The molecule has 1 N–H and O–H groups in total. The average Bonchev–Trinajstić information content (AvgIpc) is 2.29. The van der Waals surface area contributed by atoms with Crippen molar-refractivity contribution in [2.24, 2.45) is 0 Å². The van der Waals surface area contributed by atoms with E-state index in [1.165, 1.54) is 6.20 Å². The number of aromatic nitrogens is 1. The van der Waals surface area contributed by atoms with Gasteiger partial charge in [-0.1, -0.05) is 11.6 Å². The number of hydrogen-bond acceptors (Lipinski definition) is 3. The maximum absolute atomic E-state index is 11.9. The number of nitrogens with zero attached hydrogens (tertiary/aromatic N) is 1. The SMILES string of the molecule is CC(CCS(C)=O)NC(=O)c1cc(Br)cnc1Cl. The lowest BCUT2D eigenvalue weighted by Crippen LogP contribution is -2.33. The fourth-order valence-electron chi connectivity index (χ4n) is 1.30. The number of pyridine rings is 1. The van der Waals surface area contributed by atoms with Crippen LogP contribution in [0.25, 0.3) is 0 Å². The molecule has 0 radical (unpaired) electrons. The van der Waals surface area contributed by atoms with Gasteiger partial charge in [-0.25, -0.2) is 4.98 Å². The lowest BCUT2D eigenvalue weighted by molar-refractivity contribution is 0.0939. The van der Waals surface area contributed by atoms with E-state index in [-0.39, 0.29) is 17.1 Å². The standard InChI is InChI=1S/C11H14BrClN2O2S/c1-7(3-4-18(2)17)15-11(16)9-5-8(12)6-14-10(9)13/h5-7H,3-4H2,1-2H3,(H,15,16). The van der Waals surface area contributed by atoms with Crippen LogP contribution in [0.15, 0.2) is 16.7 Å². The van der Waals surface area contributed by atoms with Crippen LogP contribution in [0, 0.1) is 0 Å². The van der Waals surface area contributed by atoms with Crippen molar-refractivity contribution in [1.29, 1.82) is 0 Å². The highest BCUT2D eigenvalue weighted by molar-refractivity contribution is 9.10. The van der Waals surface area contributed by atoms with Crippen LogP contribution in [0.4, 0.5) is 0 Å². The number of carbonyl (C=O) groups is 1. The first-order chi connectivity index (χ1) is 8.40. The molecule has 0 saturated heterocycles. The molecule has 100 valence electrons. The zero-order valence-corrected chi connectivity index (χ0v) is 13.2. The van der Waals surface area contributed by atoms with E-state index in [9.17, 15) is 9.00 Å². The third-order valence-corrected chi connectivity index (χ3v) is 3.81. The minimum Gasteiger partial charge on any atom is -0.349 e. The van der Waals surface area contributed by atoms with Gasteiger partial charge in [0.25, 0.3) is 5.91 Å². The molecule has 0 aliphatic rings. The van der Waals surface area contributed by atoms with Gasteiger partial charge in [0, 0.05) is 39.5 Å². The number of amides is 1. The summed E-state index contributed by atoms with van der Waals surface area (Å²) in [5, 5.41) is 2.97. The van der Waals surface area contributed by atoms with Crippen molar-refractivity contribution in [3.63, 3.8) is 0 Å². The Kier molecular flexibility index (Phi) is 6.25. The fourth-order valence-corrected chi connectivity index (χ4v) is 2.50. The van der Waals surface area contributed by atoms with Crippen molar-refractivity contribution >= 4 is 44.2 Å². The second-order valence-corrected chi connectivity index (χ2v) is 6.76. The molecule has 0 aromatic carbocycles. The fraction of sp³-hybridized carbons (Fsp3) is 0.455. The van der Waals surface area contributed by atoms with Gasteiger partial charge in [0.15, 0.2) is 0 Å². The summed E-state index contributed by atoms with van der Waals surface area (Å²) in [5.41, 5.74) is 0.329. The molecule has 1 amide bonds. The minimum absolute atomic E-state index is 0.0588. The lowest BCUT2D eigenvalue weighted by atomic mass is 10.2. The van der Waals surface area contributed by atoms with Crippen molar-refractivity contribution in [2.75, 3.05) is 12.0 Å². The van der Waals surface area contributed by atoms with Gasteiger partial charge in [-0.05, 0) is 35.3 Å². The average molecular weight is 354 g/mol. The van der Waals surface area contributed by atoms with Crippen LogP contribution in [0.2, 0.25) is 5.15 Å². The molecule has 0 aliphatic carbocycles. The Bertz CT molecular complexity index is 470. The number of carbonyl (C=O) groups excluding carboxylic acids is 1. The van der Waals surface area contributed by atoms with E-state index >= 15 is 0 Å². The summed E-state index contributed by atoms with van der Waals surface area (Å²) >= 11 is 9.10. The normalized spacial score (nSPS) is 14.0. The van der Waals surface area contributed by atoms with Crippen LogP contribution in [-0.2, 0) is 10.8 Å². The third-order valence-electron chi connectivity index (χ3n) is 2.27. The van der Waals surface area contributed by atoms with E-state index in [2.05, 4.69) is 26.2 Å². The molecular weight excluding hydrogens is 340 g/mol. The predicted octanol–water partition coefficient (Wildman–Crippen LogP) is 2.38. The smallest absolute Gasteiger partial charge is 0.254 e. The monoisotopic (exact) mass is 352 g/mol. The van der Waals surface area contributed by atoms with Crippen molar-refractivity contribution in [1.82, 2.24) is 10.3 Å². The molecule has 0 aliphatic heterocycles. The molecule has 2 atom stereocenters. The number of rotatable bonds is 5. The molecule has 1 heterocycles. The summed E-state index contributed by atoms with van der Waals surface area (Å²) < 4.78 is 11.7. The van der Waals surface area contributed by atoms with Crippen LogP contribution in [0.1, 0.15) is 23.7 Å². The lowest BCUT2D eigenvalue weighted by Gasteiger charge is -2.13. The van der Waals surface area contributed by atoms with Crippen molar-refractivity contribution in [3.8, 4) is 0 Å². The van der Waals surface area contributed by atoms with E-state index in [0.29, 0.717) is 22.2 Å². The van der Waals surface area contributed by atoms with Gasteiger partial charge in [0.05, 0.1) is 5.56 Å². The molecule has 0 saturated carbocycles. The van der Waals surface area contributed by atoms with Gasteiger partial charge in [0.2, 0.25) is 0 Å². The van der Waals surface area contributed by atoms with Crippen LogP contribution < -0.4 is 5.32 Å². The first-order valence-corrected chi connectivity index (χ1v) is 8.22. The van der Waals surface area contributed by atoms with E-state index < -0.39 is 10.8 Å². The molecule has 1 aromatic heterocycles. The zero-order chi connectivity index (χ0) is 13.7. The molecule has 4 nitrogen and oxygen atoms in total. The van der Waals surface area contributed by atoms with Crippen LogP contribution in [0.3, 0.4) is 0 Å². The van der Waals surface area contributed by atoms with E-state index in [0.717, 1.165) is 0 Å². The summed E-state index contributed by atoms with van der Waals surface area (Å²) in [7, 11) is -0.851. The van der Waals surface area contributed by atoms with Gasteiger partial charge in [-0.2, -0.15) is 0 Å². The minimum atomic E-state index is -0.851. The molecule has 0 fully saturated rings. The molecule has 7 heteroatoms. The molecule has 0 bridgehead atoms. The Morgan fingerprint density at radius 2 is 2.33 bits per heavy atom. The Morgan fingerprint density at radius 3 is 2.94 bits per heavy atom. The van der Waals surface area contributed by atoms with Gasteiger partial charge in [-0.15, -0.1) is 0 Å². The Hall–Kier alpha value is -0.460. The summed E-state index contributed by atoms with van der Waals surface area (Å²) in [6.45, 7) is 1.87. The molecule has 18 heavy (non-hydrogen) atoms. The van der Waals surface area contributed by atoms with Crippen molar-refractivity contribution in [3.05, 3.63) is 27.5 Å². The molecule has 2 unspecified atom stereocenters. The van der Waals surface area contributed by atoms with Crippen LogP contribution in [-0.4, -0.2) is 33.2 Å². The van der Waals surface area contributed by atoms with E-state index in [4.69, 9.17) is 11.6 Å². The largest absolute Gasteiger partial charge is 0.349 e. The maximum atomic E-state index is 11.9. The molecule has 1 aromatic rings. The quantitative estimate of drug-likeness (QED) is 0.827. The summed E-state index contributed by atoms with van der Waals surface area (Å²) in [6, 6.07) is 1.56. The number of nitrogens with one attached hydrogen (secondary N) is 1. The van der Waals surface area contributed by atoms with E-state index in [1.807, 2.05) is 6.92 Å². The highest BCUT2D eigenvalue weighted by atomic mass is 79.9. The van der Waals surface area contributed by atoms with E-state index in [1.54, 1.807) is 12.3 Å². The second kappa shape index (κ2) is 7.21. The molecule has 1 rings (SSSR count). The maximum Gasteiger partial charge on any atom is 0.254 e. The second-order valence-electron chi connectivity index (χ2n) is 3.93. The summed E-state index contributed by atoms with van der Waals surface area (Å²) in [6.07, 6.45) is 3.83. The van der Waals surface area contributed by atoms with Crippen LogP contribution >= 0.6 is 27.5 Å². The Morgan fingerprint density at radius 1 is 1.67 bits per heavy atom. The topological polar surface area (TPSA) is 59.1 Å². The van der Waals surface area contributed by atoms with Gasteiger partial charge < -0.3 is 5.32 Å². The third kappa shape index (κ3) is 5.04. The highest BCUT2D eigenvalue weighted by Gasteiger charge is 2.14. The van der Waals surface area contributed by atoms with Gasteiger partial charge in [0.1, 0.15) is 5.15 Å². The Labute approximate surface area is 122 Å². The van der Waals surface area contributed by atoms with Crippen molar-refractivity contribution in [2.45, 2.75) is 19.4 Å². The van der Waals surface area contributed by atoms with Crippen LogP contribution in [0.5, 0.6) is 0 Å². The first kappa shape index (κ1) is 15.6. The predicted molar refractivity (Wildman–Crippen MR) is 77.4 cm³/mol. The van der Waals surface area contributed by atoms with Gasteiger partial charge in [-0.3, -0.25) is 9.00 Å². The Balaban J connectivity index is 2.64. The highest BCUT2D eigenvalue weighted by Crippen LogP contribution is 2.18. The summed E-state index contributed by atoms with van der Waals surface area (Å²) in [4.78, 5) is 15.8. The zero-order valence-electron chi connectivity index (χ0n) is 10.1. The van der Waals surface area contributed by atoms with Crippen molar-refractivity contribution < 1.29 is 9.00 Å². The van der Waals surface area contributed by atoms with Gasteiger partial charge >= 0.3 is 0 Å². The molecule has 0 spiro atoms. The molecular formula is C11H14BrClN2O2S. The summed E-state index contributed by atoms with van der Waals surface area (Å²) in [5.74, 6) is 0.287.